The monoisotopic (exact) mass is 407 g/mol. The van der Waals surface area contributed by atoms with Crippen LogP contribution in [0.4, 0.5) is 5.69 Å². The van der Waals surface area contributed by atoms with Gasteiger partial charge < -0.3 is 5.11 Å². The van der Waals surface area contributed by atoms with Gasteiger partial charge in [-0.1, -0.05) is 68.1 Å². The van der Waals surface area contributed by atoms with E-state index in [1.807, 2.05) is 24.4 Å². The molecular formula is C24H29N3OS. The Kier molecular flexibility index (Phi) is 5.40. The summed E-state index contributed by atoms with van der Waals surface area (Å²) in [5, 5.41) is 11.2. The molecule has 4 nitrogen and oxygen atoms in total. The molecule has 1 N–H and O–H groups in total. The summed E-state index contributed by atoms with van der Waals surface area (Å²) in [4.78, 5) is 11.6. The lowest BCUT2D eigenvalue weighted by Crippen LogP contribution is -2.25. The van der Waals surface area contributed by atoms with Crippen LogP contribution in [0.15, 0.2) is 34.3 Å². The van der Waals surface area contributed by atoms with Gasteiger partial charge in [0.25, 0.3) is 0 Å². The highest BCUT2D eigenvalue weighted by molar-refractivity contribution is 7.10. The predicted molar refractivity (Wildman–Crippen MR) is 121 cm³/mol. The van der Waals surface area contributed by atoms with Crippen LogP contribution < -0.4 is 4.80 Å². The molecule has 1 aromatic heterocycles. The third-order valence-electron chi connectivity index (χ3n) is 6.51. The van der Waals surface area contributed by atoms with Crippen molar-refractivity contribution in [3.63, 3.8) is 0 Å². The van der Waals surface area contributed by atoms with Gasteiger partial charge in [0.05, 0.1) is 16.6 Å². The molecule has 0 spiro atoms. The average Bonchev–Trinajstić information content (AvgIpc) is 3.31. The van der Waals surface area contributed by atoms with E-state index < -0.39 is 0 Å². The van der Waals surface area contributed by atoms with Crippen molar-refractivity contribution in [2.24, 2.45) is 9.98 Å². The predicted octanol–water partition coefficient (Wildman–Crippen LogP) is 6.25. The van der Waals surface area contributed by atoms with Crippen molar-refractivity contribution in [3.05, 3.63) is 39.5 Å². The fourth-order valence-electron chi connectivity index (χ4n) is 4.91. The number of hydrogen-bond donors (Lipinski definition) is 1. The molecule has 3 aliphatic rings. The van der Waals surface area contributed by atoms with Crippen molar-refractivity contribution in [1.29, 1.82) is 0 Å². The van der Waals surface area contributed by atoms with Crippen molar-refractivity contribution in [2.45, 2.75) is 76.3 Å². The molecule has 0 bridgehead atoms. The van der Waals surface area contributed by atoms with Crippen molar-refractivity contribution < 1.29 is 5.11 Å². The zero-order chi connectivity index (χ0) is 19.6. The van der Waals surface area contributed by atoms with E-state index in [1.165, 1.54) is 51.4 Å². The normalized spacial score (nSPS) is 22.5. The summed E-state index contributed by atoms with van der Waals surface area (Å²) < 4.78 is 2.16. The molecule has 1 aromatic carbocycles. The maximum atomic E-state index is 11.2. The van der Waals surface area contributed by atoms with Crippen LogP contribution in [0.25, 0.3) is 11.6 Å². The van der Waals surface area contributed by atoms with E-state index in [9.17, 15) is 5.11 Å². The summed E-state index contributed by atoms with van der Waals surface area (Å²) in [6.07, 6.45) is 16.3. The van der Waals surface area contributed by atoms with Gasteiger partial charge in [-0.15, -0.1) is 0 Å². The lowest BCUT2D eigenvalue weighted by atomic mass is 9.95. The molecule has 0 amide bonds. The first-order chi connectivity index (χ1) is 14.3. The highest BCUT2D eigenvalue weighted by Crippen LogP contribution is 2.37. The first-order valence-corrected chi connectivity index (χ1v) is 11.9. The van der Waals surface area contributed by atoms with E-state index in [0.29, 0.717) is 18.0 Å². The quantitative estimate of drug-likeness (QED) is 0.642. The first-order valence-electron chi connectivity index (χ1n) is 11.1. The number of para-hydroxylation sites is 1. The standard InChI is InChI=1S/C24H29N3OS/c28-23-22(15-17-16-25-21-14-8-7-13-20(17)21)29-24(26-18-9-3-1-4-10-18)27(23)19-11-5-2-6-12-19/h7-8,13-16,18-19,28H,1-6,9-12H2. The van der Waals surface area contributed by atoms with E-state index in [1.54, 1.807) is 11.3 Å². The molecule has 5 heteroatoms. The summed E-state index contributed by atoms with van der Waals surface area (Å²) >= 11 is 1.64. The molecule has 0 radical (unpaired) electrons. The molecule has 0 saturated heterocycles. The molecule has 152 valence electrons. The minimum absolute atomic E-state index is 0.374. The van der Waals surface area contributed by atoms with Gasteiger partial charge >= 0.3 is 0 Å². The van der Waals surface area contributed by atoms with Gasteiger partial charge in [0.2, 0.25) is 5.88 Å². The number of rotatable bonds is 3. The van der Waals surface area contributed by atoms with Gasteiger partial charge in [0.15, 0.2) is 4.80 Å². The summed E-state index contributed by atoms with van der Waals surface area (Å²) in [6.45, 7) is 0. The number of allylic oxidation sites excluding steroid dienone is 1. The molecule has 1 aliphatic heterocycles. The van der Waals surface area contributed by atoms with E-state index in [4.69, 9.17) is 4.99 Å². The molecule has 5 rings (SSSR count). The number of fused-ring (bicyclic) bond motifs is 1. The third-order valence-corrected chi connectivity index (χ3v) is 7.51. The highest BCUT2D eigenvalue weighted by atomic mass is 32.1. The number of nitrogens with zero attached hydrogens (tertiary/aromatic N) is 3. The Balaban J connectivity index is 1.57. The summed E-state index contributed by atoms with van der Waals surface area (Å²) in [7, 11) is 0. The van der Waals surface area contributed by atoms with Gasteiger partial charge in [-0.25, -0.2) is 0 Å². The molecular weight excluding hydrogens is 378 g/mol. The number of aromatic nitrogens is 1. The number of benzene rings is 1. The molecule has 2 saturated carbocycles. The smallest absolute Gasteiger partial charge is 0.211 e. The van der Waals surface area contributed by atoms with Gasteiger partial charge in [-0.3, -0.25) is 14.6 Å². The molecule has 2 aromatic rings. The Labute approximate surface area is 176 Å². The van der Waals surface area contributed by atoms with Crippen LogP contribution in [0.5, 0.6) is 5.88 Å². The van der Waals surface area contributed by atoms with Crippen LogP contribution >= 0.6 is 11.3 Å². The van der Waals surface area contributed by atoms with Crippen LogP contribution in [0, 0.1) is 0 Å². The summed E-state index contributed by atoms with van der Waals surface area (Å²) in [5.74, 6) is 0.391. The lowest BCUT2D eigenvalue weighted by molar-refractivity contribution is 0.304. The maximum absolute atomic E-state index is 11.2. The SMILES string of the molecule is Oc1c(C=C2C=Nc3ccccc32)sc(=NC2CCCCC2)n1C1CCCCC1. The number of thiazole rings is 1. The van der Waals surface area contributed by atoms with Crippen LogP contribution in [0.1, 0.15) is 80.7 Å². The molecule has 0 unspecified atom stereocenters. The van der Waals surface area contributed by atoms with Crippen molar-refractivity contribution >= 4 is 34.9 Å². The van der Waals surface area contributed by atoms with Crippen molar-refractivity contribution in [1.82, 2.24) is 4.57 Å². The largest absolute Gasteiger partial charge is 0.493 e. The molecule has 29 heavy (non-hydrogen) atoms. The zero-order valence-electron chi connectivity index (χ0n) is 16.9. The second-order valence-electron chi connectivity index (χ2n) is 8.53. The minimum Gasteiger partial charge on any atom is -0.493 e. The zero-order valence-corrected chi connectivity index (χ0v) is 17.7. The van der Waals surface area contributed by atoms with E-state index in [2.05, 4.69) is 21.7 Å². The van der Waals surface area contributed by atoms with Gasteiger partial charge in [0.1, 0.15) is 0 Å². The average molecular weight is 408 g/mol. The Hall–Kier alpha value is -2.14. The van der Waals surface area contributed by atoms with Crippen LogP contribution in [0.3, 0.4) is 0 Å². The molecule has 2 aliphatic carbocycles. The topological polar surface area (TPSA) is 49.9 Å². The lowest BCUT2D eigenvalue weighted by Gasteiger charge is -2.24. The summed E-state index contributed by atoms with van der Waals surface area (Å²) in [5.41, 5.74) is 3.20. The highest BCUT2D eigenvalue weighted by Gasteiger charge is 2.23. The van der Waals surface area contributed by atoms with Gasteiger partial charge in [0, 0.05) is 23.4 Å². The molecule has 2 fully saturated rings. The van der Waals surface area contributed by atoms with E-state index in [-0.39, 0.29) is 0 Å². The Morgan fingerprint density at radius 3 is 2.52 bits per heavy atom. The molecule has 2 heterocycles. The Morgan fingerprint density at radius 1 is 1.00 bits per heavy atom. The van der Waals surface area contributed by atoms with Crippen molar-refractivity contribution in [3.8, 4) is 5.88 Å². The second kappa shape index (κ2) is 8.31. The third kappa shape index (κ3) is 3.85. The number of hydrogen-bond acceptors (Lipinski definition) is 4. The fraction of sp³-hybridized carbons (Fsp3) is 0.500. The Morgan fingerprint density at radius 2 is 1.72 bits per heavy atom. The maximum Gasteiger partial charge on any atom is 0.211 e. The van der Waals surface area contributed by atoms with Gasteiger partial charge in [-0.05, 0) is 37.8 Å². The van der Waals surface area contributed by atoms with Crippen molar-refractivity contribution in [2.75, 3.05) is 0 Å². The number of aliphatic imine (C=N–C) groups is 1. The second-order valence-corrected chi connectivity index (χ2v) is 9.54. The fourth-order valence-corrected chi connectivity index (χ4v) is 6.02. The summed E-state index contributed by atoms with van der Waals surface area (Å²) in [6, 6.07) is 8.97. The van der Waals surface area contributed by atoms with E-state index in [0.717, 1.165) is 39.3 Å². The first kappa shape index (κ1) is 18.9. The van der Waals surface area contributed by atoms with Crippen LogP contribution in [0.2, 0.25) is 0 Å². The van der Waals surface area contributed by atoms with Crippen LogP contribution in [-0.4, -0.2) is 21.9 Å². The minimum atomic E-state index is 0.374. The Bertz CT molecular complexity index is 1000. The van der Waals surface area contributed by atoms with Gasteiger partial charge in [-0.2, -0.15) is 0 Å². The number of aromatic hydroxyl groups is 1. The van der Waals surface area contributed by atoms with E-state index >= 15 is 0 Å². The van der Waals surface area contributed by atoms with Crippen LogP contribution in [-0.2, 0) is 0 Å². The molecule has 0 atom stereocenters.